The number of hydrogen-bond acceptors (Lipinski definition) is 5. The molecule has 2 amide bonds. The third kappa shape index (κ3) is 5.99. The Kier molecular flexibility index (Phi) is 7.01. The van der Waals surface area contributed by atoms with Crippen LogP contribution in [0.4, 0.5) is 10.5 Å². The Morgan fingerprint density at radius 1 is 1.14 bits per heavy atom. The lowest BCUT2D eigenvalue weighted by molar-refractivity contribution is 0.193. The van der Waals surface area contributed by atoms with E-state index in [-0.39, 0.29) is 23.6 Å². The zero-order valence-corrected chi connectivity index (χ0v) is 16.9. The van der Waals surface area contributed by atoms with E-state index in [1.54, 1.807) is 53.4 Å². The summed E-state index contributed by atoms with van der Waals surface area (Å²) in [7, 11) is -3.57. The van der Waals surface area contributed by atoms with E-state index in [2.05, 4.69) is 5.32 Å². The van der Waals surface area contributed by atoms with Gasteiger partial charge in [-0.05, 0) is 62.7 Å². The number of benzene rings is 2. The van der Waals surface area contributed by atoms with Gasteiger partial charge < -0.3 is 14.4 Å². The minimum atomic E-state index is -3.57. The van der Waals surface area contributed by atoms with E-state index in [4.69, 9.17) is 9.44 Å². The molecule has 148 valence electrons. The van der Waals surface area contributed by atoms with Gasteiger partial charge in [0.05, 0.1) is 17.4 Å². The van der Waals surface area contributed by atoms with Gasteiger partial charge in [-0.25, -0.2) is 4.79 Å². The maximum atomic E-state index is 12.7. The number of rotatable bonds is 7. The van der Waals surface area contributed by atoms with Gasteiger partial charge in [-0.3, -0.25) is 0 Å². The first-order valence-electron chi connectivity index (χ1n) is 8.83. The molecule has 2 aromatic rings. The van der Waals surface area contributed by atoms with Gasteiger partial charge in [0.15, 0.2) is 0 Å². The van der Waals surface area contributed by atoms with Crippen LogP contribution in [-0.4, -0.2) is 31.1 Å². The highest BCUT2D eigenvalue weighted by molar-refractivity contribution is 7.87. The lowest BCUT2D eigenvalue weighted by Crippen LogP contribution is -2.39. The van der Waals surface area contributed by atoms with Gasteiger partial charge in [0, 0.05) is 18.3 Å². The smallest absolute Gasteiger partial charge is 0.322 e. The van der Waals surface area contributed by atoms with Gasteiger partial charge in [-0.1, -0.05) is 12.1 Å². The van der Waals surface area contributed by atoms with Crippen LogP contribution in [0.15, 0.2) is 48.5 Å². The van der Waals surface area contributed by atoms with Crippen molar-refractivity contribution in [3.63, 3.8) is 0 Å². The Morgan fingerprint density at radius 3 is 2.25 bits per heavy atom. The molecule has 0 spiro atoms. The molecule has 7 nitrogen and oxygen atoms in total. The first kappa shape index (κ1) is 21.3. The van der Waals surface area contributed by atoms with Crippen LogP contribution in [0.3, 0.4) is 0 Å². The largest absolute Gasteiger partial charge is 0.382 e. The fourth-order valence-electron chi connectivity index (χ4n) is 2.36. The number of urea groups is 1. The van der Waals surface area contributed by atoms with Crippen molar-refractivity contribution in [3.05, 3.63) is 59.7 Å². The van der Waals surface area contributed by atoms with Crippen LogP contribution in [0.25, 0.3) is 0 Å². The molecule has 0 unspecified atom stereocenters. The molecule has 1 N–H and O–H groups in total. The normalized spacial score (nSPS) is 11.0. The molecule has 0 fully saturated rings. The molecule has 0 heterocycles. The highest BCUT2D eigenvalue weighted by Gasteiger charge is 2.18. The van der Waals surface area contributed by atoms with E-state index >= 15 is 0 Å². The van der Waals surface area contributed by atoms with Gasteiger partial charge in [0.2, 0.25) is 0 Å². The average molecular weight is 401 g/mol. The highest BCUT2D eigenvalue weighted by atomic mass is 32.2. The fourth-order valence-corrected chi connectivity index (χ4v) is 2.89. The van der Waals surface area contributed by atoms with Crippen LogP contribution in [0, 0.1) is 11.3 Å². The second kappa shape index (κ2) is 9.24. The number of carbonyl (C=O) groups is 1. The Balaban J connectivity index is 2.07. The first-order valence-corrected chi connectivity index (χ1v) is 10.4. The van der Waals surface area contributed by atoms with Crippen LogP contribution in [0.5, 0.6) is 5.75 Å². The summed E-state index contributed by atoms with van der Waals surface area (Å²) in [5.74, 6) is 0.134. The average Bonchev–Trinajstić information content (AvgIpc) is 2.67. The van der Waals surface area contributed by atoms with Crippen LogP contribution in [0.2, 0.25) is 0 Å². The number of nitrogens with one attached hydrogen (secondary N) is 1. The Bertz CT molecular complexity index is 946. The number of amides is 2. The second-order valence-electron chi connectivity index (χ2n) is 6.41. The predicted octanol–water partition coefficient (Wildman–Crippen LogP) is 3.73. The molecular weight excluding hydrogens is 378 g/mol. The number of hydrogen-bond donors (Lipinski definition) is 1. The van der Waals surface area contributed by atoms with Gasteiger partial charge in [0.25, 0.3) is 0 Å². The third-order valence-corrected chi connectivity index (χ3v) is 5.16. The summed E-state index contributed by atoms with van der Waals surface area (Å²) in [5.41, 5.74) is 1.96. The summed E-state index contributed by atoms with van der Waals surface area (Å²) in [6.07, 6.45) is 0. The van der Waals surface area contributed by atoms with Gasteiger partial charge in [-0.15, -0.1) is 0 Å². The summed E-state index contributed by atoms with van der Waals surface area (Å²) < 4.78 is 28.0. The van der Waals surface area contributed by atoms with Crippen molar-refractivity contribution in [3.8, 4) is 11.8 Å². The quantitative estimate of drug-likeness (QED) is 0.713. The molecule has 0 aliphatic heterocycles. The molecule has 2 aromatic carbocycles. The molecule has 0 atom stereocenters. The summed E-state index contributed by atoms with van der Waals surface area (Å²) in [6.45, 7) is 5.67. The molecule has 0 aromatic heterocycles. The van der Waals surface area contributed by atoms with Crippen molar-refractivity contribution >= 4 is 21.8 Å². The lowest BCUT2D eigenvalue weighted by Gasteiger charge is -2.27. The van der Waals surface area contributed by atoms with Crippen molar-refractivity contribution in [2.75, 3.05) is 11.1 Å². The molecule has 0 radical (unpaired) electrons. The molecule has 8 heteroatoms. The van der Waals surface area contributed by atoms with Crippen molar-refractivity contribution in [1.29, 1.82) is 5.26 Å². The topological polar surface area (TPSA) is 99.5 Å². The minimum absolute atomic E-state index is 0.0604. The lowest BCUT2D eigenvalue weighted by atomic mass is 10.2. The molecular formula is C20H23N3O4S. The molecule has 0 bridgehead atoms. The Labute approximate surface area is 165 Å². The van der Waals surface area contributed by atoms with E-state index in [9.17, 15) is 13.2 Å². The van der Waals surface area contributed by atoms with Crippen LogP contribution >= 0.6 is 0 Å². The summed E-state index contributed by atoms with van der Waals surface area (Å²) in [5, 5.41) is 11.7. The zero-order valence-electron chi connectivity index (χ0n) is 16.0. The SMILES string of the molecule is CCS(=O)(=O)Oc1ccc(CN(C(=O)Nc2ccc(C#N)cc2)C(C)C)cc1. The molecule has 0 saturated carbocycles. The standard InChI is InChI=1S/C20H23N3O4S/c1-4-28(25,26)27-19-11-7-17(8-12-19)14-23(15(2)3)20(24)22-18-9-5-16(13-21)6-10-18/h5-12,15H,4,14H2,1-3H3,(H,22,24). The van der Waals surface area contributed by atoms with E-state index in [1.165, 1.54) is 6.92 Å². The van der Waals surface area contributed by atoms with E-state index in [1.807, 2.05) is 19.9 Å². The third-order valence-electron chi connectivity index (χ3n) is 4.00. The first-order chi connectivity index (χ1) is 13.2. The minimum Gasteiger partial charge on any atom is -0.382 e. The molecule has 0 aliphatic carbocycles. The number of nitrogens with zero attached hydrogens (tertiary/aromatic N) is 2. The van der Waals surface area contributed by atoms with Crippen LogP contribution in [-0.2, 0) is 16.7 Å². The molecule has 28 heavy (non-hydrogen) atoms. The zero-order chi connectivity index (χ0) is 20.7. The van der Waals surface area contributed by atoms with E-state index in [0.29, 0.717) is 17.8 Å². The summed E-state index contributed by atoms with van der Waals surface area (Å²) >= 11 is 0. The Hall–Kier alpha value is -3.05. The number of anilines is 1. The fraction of sp³-hybridized carbons (Fsp3) is 0.300. The number of carbonyl (C=O) groups excluding carboxylic acids is 1. The monoisotopic (exact) mass is 401 g/mol. The summed E-state index contributed by atoms with van der Waals surface area (Å²) in [4.78, 5) is 14.3. The van der Waals surface area contributed by atoms with Crippen molar-refractivity contribution in [2.45, 2.75) is 33.4 Å². The summed E-state index contributed by atoms with van der Waals surface area (Å²) in [6, 6.07) is 14.9. The molecule has 0 aliphatic rings. The van der Waals surface area contributed by atoms with Crippen LogP contribution < -0.4 is 9.50 Å². The highest BCUT2D eigenvalue weighted by Crippen LogP contribution is 2.18. The maximum Gasteiger partial charge on any atom is 0.322 e. The Morgan fingerprint density at radius 2 is 1.75 bits per heavy atom. The van der Waals surface area contributed by atoms with Crippen molar-refractivity contribution < 1.29 is 17.4 Å². The van der Waals surface area contributed by atoms with Crippen LogP contribution in [0.1, 0.15) is 31.9 Å². The van der Waals surface area contributed by atoms with Crippen molar-refractivity contribution in [1.82, 2.24) is 4.90 Å². The molecule has 0 saturated heterocycles. The maximum absolute atomic E-state index is 12.7. The second-order valence-corrected chi connectivity index (χ2v) is 8.27. The van der Waals surface area contributed by atoms with Gasteiger partial charge in [-0.2, -0.15) is 13.7 Å². The van der Waals surface area contributed by atoms with Gasteiger partial charge in [0.1, 0.15) is 5.75 Å². The predicted molar refractivity (Wildman–Crippen MR) is 107 cm³/mol. The number of nitriles is 1. The van der Waals surface area contributed by atoms with E-state index < -0.39 is 10.1 Å². The van der Waals surface area contributed by atoms with E-state index in [0.717, 1.165) is 5.56 Å². The van der Waals surface area contributed by atoms with Gasteiger partial charge >= 0.3 is 16.1 Å². The molecule has 2 rings (SSSR count). The van der Waals surface area contributed by atoms with Crippen molar-refractivity contribution in [2.24, 2.45) is 0 Å².